The van der Waals surface area contributed by atoms with Crippen molar-refractivity contribution in [1.82, 2.24) is 5.32 Å². The Bertz CT molecular complexity index is 807. The van der Waals surface area contributed by atoms with E-state index in [1.54, 1.807) is 4.90 Å². The number of aryl methyl sites for hydroxylation is 2. The largest absolute Gasteiger partial charge is 0.327 e. The van der Waals surface area contributed by atoms with Crippen LogP contribution < -0.4 is 10.2 Å². The summed E-state index contributed by atoms with van der Waals surface area (Å²) in [5.41, 5.74) is 4.41. The zero-order valence-electron chi connectivity index (χ0n) is 12.8. The summed E-state index contributed by atoms with van der Waals surface area (Å²) >= 11 is 8.75. The number of thiocarbonyl (C=S) groups is 1. The van der Waals surface area contributed by atoms with Crippen LogP contribution in [0, 0.1) is 13.8 Å². The molecule has 1 aliphatic heterocycles. The number of rotatable bonds is 2. The van der Waals surface area contributed by atoms with Crippen LogP contribution in [0.15, 0.2) is 52.6 Å². The van der Waals surface area contributed by atoms with Crippen LogP contribution >= 0.6 is 28.1 Å². The van der Waals surface area contributed by atoms with Crippen LogP contribution in [0.4, 0.5) is 5.69 Å². The first-order chi connectivity index (χ1) is 10.9. The fourth-order valence-electron chi connectivity index (χ4n) is 2.57. The standard InChI is InChI=1S/C18H15BrN2OS/c1-11-7-12(2)9-15(8-11)21-17(22)16(20-18(21)23)10-13-3-5-14(19)6-4-13/h3-10H,1-2H3,(H,20,23)/b16-10+. The van der Waals surface area contributed by atoms with E-state index in [4.69, 9.17) is 12.2 Å². The molecule has 0 spiro atoms. The molecular formula is C18H15BrN2OS. The lowest BCUT2D eigenvalue weighted by atomic mass is 10.1. The van der Waals surface area contributed by atoms with Crippen molar-refractivity contribution in [2.24, 2.45) is 0 Å². The molecule has 0 aromatic heterocycles. The number of carbonyl (C=O) groups excluding carboxylic acids is 1. The second-order valence-electron chi connectivity index (χ2n) is 5.53. The van der Waals surface area contributed by atoms with Gasteiger partial charge in [0.15, 0.2) is 5.11 Å². The van der Waals surface area contributed by atoms with Crippen molar-refractivity contribution < 1.29 is 4.79 Å². The number of carbonyl (C=O) groups is 1. The first kappa shape index (κ1) is 15.9. The van der Waals surface area contributed by atoms with Crippen LogP contribution in [0.1, 0.15) is 16.7 Å². The summed E-state index contributed by atoms with van der Waals surface area (Å²) in [6.07, 6.45) is 1.81. The van der Waals surface area contributed by atoms with Gasteiger partial charge in [0.2, 0.25) is 0 Å². The highest BCUT2D eigenvalue weighted by Crippen LogP contribution is 2.25. The smallest absolute Gasteiger partial charge is 0.281 e. The van der Waals surface area contributed by atoms with Crippen LogP contribution in [0.5, 0.6) is 0 Å². The number of benzene rings is 2. The van der Waals surface area contributed by atoms with Crippen molar-refractivity contribution >= 4 is 50.9 Å². The Morgan fingerprint density at radius 2 is 1.70 bits per heavy atom. The van der Waals surface area contributed by atoms with Crippen molar-refractivity contribution in [3.05, 3.63) is 69.3 Å². The van der Waals surface area contributed by atoms with E-state index >= 15 is 0 Å². The number of nitrogens with one attached hydrogen (secondary N) is 1. The summed E-state index contributed by atoms with van der Waals surface area (Å²) in [7, 11) is 0. The summed E-state index contributed by atoms with van der Waals surface area (Å²) in [6.45, 7) is 4.01. The van der Waals surface area contributed by atoms with Gasteiger partial charge in [0, 0.05) is 4.47 Å². The van der Waals surface area contributed by atoms with E-state index in [2.05, 4.69) is 27.3 Å². The molecule has 23 heavy (non-hydrogen) atoms. The van der Waals surface area contributed by atoms with Gasteiger partial charge in [-0.2, -0.15) is 0 Å². The molecule has 0 unspecified atom stereocenters. The Morgan fingerprint density at radius 1 is 1.09 bits per heavy atom. The molecule has 1 amide bonds. The van der Waals surface area contributed by atoms with Crippen LogP contribution in [-0.2, 0) is 4.79 Å². The second-order valence-corrected chi connectivity index (χ2v) is 6.83. The first-order valence-corrected chi connectivity index (χ1v) is 8.35. The molecule has 2 aromatic carbocycles. The third-order valence-electron chi connectivity index (χ3n) is 3.52. The lowest BCUT2D eigenvalue weighted by molar-refractivity contribution is -0.113. The maximum atomic E-state index is 12.7. The fraction of sp³-hybridized carbons (Fsp3) is 0.111. The Hall–Kier alpha value is -1.98. The lowest BCUT2D eigenvalue weighted by Crippen LogP contribution is -2.30. The number of nitrogens with zero attached hydrogens (tertiary/aromatic N) is 1. The minimum atomic E-state index is -0.136. The van der Waals surface area contributed by atoms with E-state index in [9.17, 15) is 4.79 Å². The molecule has 0 bridgehead atoms. The van der Waals surface area contributed by atoms with E-state index in [-0.39, 0.29) is 5.91 Å². The van der Waals surface area contributed by atoms with Crippen LogP contribution in [0.2, 0.25) is 0 Å². The second kappa shape index (κ2) is 6.26. The number of halogens is 1. The minimum absolute atomic E-state index is 0.136. The molecule has 1 fully saturated rings. The number of amides is 1. The normalized spacial score (nSPS) is 16.1. The van der Waals surface area contributed by atoms with Gasteiger partial charge < -0.3 is 5.32 Å². The Kier molecular flexibility index (Phi) is 4.33. The Morgan fingerprint density at radius 3 is 2.30 bits per heavy atom. The van der Waals surface area contributed by atoms with Crippen LogP contribution in [0.3, 0.4) is 0 Å². The third-order valence-corrected chi connectivity index (χ3v) is 4.34. The SMILES string of the molecule is Cc1cc(C)cc(N2C(=O)/C(=C\c3ccc(Br)cc3)NC2=S)c1. The number of hydrogen-bond acceptors (Lipinski definition) is 2. The summed E-state index contributed by atoms with van der Waals surface area (Å²) in [5, 5.41) is 3.42. The van der Waals surface area contributed by atoms with E-state index in [1.807, 2.05) is 56.3 Å². The molecule has 1 saturated heterocycles. The highest BCUT2D eigenvalue weighted by Gasteiger charge is 2.32. The predicted molar refractivity (Wildman–Crippen MR) is 101 cm³/mol. The van der Waals surface area contributed by atoms with E-state index in [0.29, 0.717) is 10.8 Å². The maximum Gasteiger partial charge on any atom is 0.281 e. The van der Waals surface area contributed by atoms with Crippen molar-refractivity contribution in [3.63, 3.8) is 0 Å². The molecule has 116 valence electrons. The summed E-state index contributed by atoms with van der Waals surface area (Å²) in [5.74, 6) is -0.136. The zero-order valence-corrected chi connectivity index (χ0v) is 15.2. The fourth-order valence-corrected chi connectivity index (χ4v) is 3.14. The minimum Gasteiger partial charge on any atom is -0.327 e. The molecule has 5 heteroatoms. The Labute approximate surface area is 149 Å². The number of hydrogen-bond donors (Lipinski definition) is 1. The van der Waals surface area contributed by atoms with Gasteiger partial charge in [-0.15, -0.1) is 0 Å². The molecule has 2 aromatic rings. The summed E-state index contributed by atoms with van der Waals surface area (Å²) in [6, 6.07) is 13.7. The van der Waals surface area contributed by atoms with E-state index in [1.165, 1.54) is 0 Å². The monoisotopic (exact) mass is 386 g/mol. The molecule has 0 atom stereocenters. The van der Waals surface area contributed by atoms with Crippen molar-refractivity contribution in [2.45, 2.75) is 13.8 Å². The van der Waals surface area contributed by atoms with E-state index < -0.39 is 0 Å². The zero-order chi connectivity index (χ0) is 16.6. The number of anilines is 1. The molecule has 0 aliphatic carbocycles. The third kappa shape index (κ3) is 3.35. The average molecular weight is 387 g/mol. The highest BCUT2D eigenvalue weighted by molar-refractivity contribution is 9.10. The summed E-state index contributed by atoms with van der Waals surface area (Å²) < 4.78 is 0.998. The van der Waals surface area contributed by atoms with Crippen molar-refractivity contribution in [1.29, 1.82) is 0 Å². The summed E-state index contributed by atoms with van der Waals surface area (Å²) in [4.78, 5) is 14.3. The molecular weight excluding hydrogens is 372 g/mol. The molecule has 0 radical (unpaired) electrons. The molecule has 1 N–H and O–H groups in total. The van der Waals surface area contributed by atoms with Gasteiger partial charge in [0.1, 0.15) is 5.70 Å². The van der Waals surface area contributed by atoms with Crippen LogP contribution in [0.25, 0.3) is 6.08 Å². The van der Waals surface area contributed by atoms with E-state index in [0.717, 1.165) is 26.9 Å². The maximum absolute atomic E-state index is 12.7. The highest BCUT2D eigenvalue weighted by atomic mass is 79.9. The van der Waals surface area contributed by atoms with Gasteiger partial charge in [-0.25, -0.2) is 0 Å². The lowest BCUT2D eigenvalue weighted by Gasteiger charge is -2.15. The van der Waals surface area contributed by atoms with Gasteiger partial charge in [0.05, 0.1) is 5.69 Å². The topological polar surface area (TPSA) is 32.3 Å². The molecule has 1 aliphatic rings. The molecule has 1 heterocycles. The van der Waals surface area contributed by atoms with Gasteiger partial charge in [-0.1, -0.05) is 34.1 Å². The van der Waals surface area contributed by atoms with Crippen molar-refractivity contribution in [2.75, 3.05) is 4.90 Å². The Balaban J connectivity index is 1.95. The predicted octanol–water partition coefficient (Wildman–Crippen LogP) is 4.33. The molecule has 0 saturated carbocycles. The quantitative estimate of drug-likeness (QED) is 0.615. The van der Waals surface area contributed by atoms with Gasteiger partial charge in [-0.3, -0.25) is 9.69 Å². The van der Waals surface area contributed by atoms with Gasteiger partial charge in [-0.05, 0) is 73.1 Å². The average Bonchev–Trinajstić information content (AvgIpc) is 2.75. The van der Waals surface area contributed by atoms with Crippen molar-refractivity contribution in [3.8, 4) is 0 Å². The first-order valence-electron chi connectivity index (χ1n) is 7.15. The van der Waals surface area contributed by atoms with Gasteiger partial charge >= 0.3 is 0 Å². The van der Waals surface area contributed by atoms with Gasteiger partial charge in [0.25, 0.3) is 5.91 Å². The molecule has 3 nitrogen and oxygen atoms in total. The molecule has 3 rings (SSSR count). The van der Waals surface area contributed by atoms with Crippen LogP contribution in [-0.4, -0.2) is 11.0 Å².